The van der Waals surface area contributed by atoms with Gasteiger partial charge in [0.15, 0.2) is 0 Å². The number of hydrogen-bond donors (Lipinski definition) is 2. The van der Waals surface area contributed by atoms with Gasteiger partial charge in [-0.05, 0) is 60.5 Å². The Morgan fingerprint density at radius 1 is 1.12 bits per heavy atom. The monoisotopic (exact) mass is 490 g/mol. The first-order chi connectivity index (χ1) is 15.4. The van der Waals surface area contributed by atoms with Crippen LogP contribution in [-0.2, 0) is 25.9 Å². The average Bonchev–Trinajstić information content (AvgIpc) is 2.76. The third-order valence-electron chi connectivity index (χ3n) is 4.58. The molecule has 0 amide bonds. The molecule has 4 rings (SSSR count). The lowest BCUT2D eigenvalue weighted by molar-refractivity contribution is -0.432. The molecule has 0 saturated carbocycles. The Labute approximate surface area is 192 Å². The summed E-state index contributed by atoms with van der Waals surface area (Å²) in [4.78, 5) is 10.1. The lowest BCUT2D eigenvalue weighted by atomic mass is 10.1. The Bertz CT molecular complexity index is 1420. The molecule has 8 nitrogen and oxygen atoms in total. The molecule has 0 unspecified atom stereocenters. The second-order valence-corrected chi connectivity index (χ2v) is 10.1. The van der Waals surface area contributed by atoms with Crippen LogP contribution in [0.5, 0.6) is 0 Å². The number of fused-ring (bicyclic) bond motifs is 2. The van der Waals surface area contributed by atoms with Crippen LogP contribution in [0.2, 0.25) is 0 Å². The zero-order valence-electron chi connectivity index (χ0n) is 16.8. The van der Waals surface area contributed by atoms with Gasteiger partial charge >= 0.3 is 0 Å². The predicted molar refractivity (Wildman–Crippen MR) is 122 cm³/mol. The van der Waals surface area contributed by atoms with Crippen LogP contribution in [0.25, 0.3) is 20.8 Å². The van der Waals surface area contributed by atoms with E-state index >= 15 is 0 Å². The summed E-state index contributed by atoms with van der Waals surface area (Å²) in [7, 11) is -4.51. The second-order valence-electron chi connectivity index (χ2n) is 6.86. The van der Waals surface area contributed by atoms with E-state index in [9.17, 15) is 13.0 Å². The van der Waals surface area contributed by atoms with Crippen molar-refractivity contribution in [3.63, 3.8) is 0 Å². The summed E-state index contributed by atoms with van der Waals surface area (Å²) in [5.74, 6) is 0. The molecule has 11 heteroatoms. The SMILES string of the molecule is CCCc1ccc2sc3cc(=Nc4cc(SOOO)ccc4S(=O)(=O)O)ccc-3nc2c1. The quantitative estimate of drug-likeness (QED) is 0.118. The Hall–Kier alpha value is -2.38. The molecule has 1 heterocycles. The van der Waals surface area contributed by atoms with Gasteiger partial charge in [0.1, 0.15) is 4.90 Å². The molecule has 1 aliphatic carbocycles. The summed E-state index contributed by atoms with van der Waals surface area (Å²) >= 11 is 2.22. The number of hydrogen-bond acceptors (Lipinski definition) is 9. The summed E-state index contributed by atoms with van der Waals surface area (Å²) in [5, 5.41) is 12.4. The van der Waals surface area contributed by atoms with Gasteiger partial charge in [-0.3, -0.25) is 4.55 Å². The molecule has 0 saturated heterocycles. The molecule has 32 heavy (non-hydrogen) atoms. The number of nitrogens with zero attached hydrogens (tertiary/aromatic N) is 2. The maximum absolute atomic E-state index is 11.8. The van der Waals surface area contributed by atoms with E-state index in [1.165, 1.54) is 23.8 Å². The number of rotatable bonds is 7. The first kappa shape index (κ1) is 22.8. The van der Waals surface area contributed by atoms with Gasteiger partial charge in [-0.2, -0.15) is 8.42 Å². The van der Waals surface area contributed by atoms with Crippen LogP contribution >= 0.6 is 23.4 Å². The fourth-order valence-corrected chi connectivity index (χ4v) is 5.20. The Balaban J connectivity index is 1.82. The van der Waals surface area contributed by atoms with Gasteiger partial charge in [-0.1, -0.05) is 24.4 Å². The number of benzene rings is 3. The van der Waals surface area contributed by atoms with E-state index in [-0.39, 0.29) is 10.6 Å². The zero-order chi connectivity index (χ0) is 22.7. The van der Waals surface area contributed by atoms with Crippen molar-refractivity contribution < 1.29 is 27.6 Å². The lowest BCUT2D eigenvalue weighted by Gasteiger charge is -2.08. The highest BCUT2D eigenvalue weighted by Gasteiger charge is 2.16. The van der Waals surface area contributed by atoms with Crippen LogP contribution in [0, 0.1) is 0 Å². The van der Waals surface area contributed by atoms with Crippen LogP contribution in [0.15, 0.2) is 69.4 Å². The Morgan fingerprint density at radius 3 is 2.72 bits per heavy atom. The van der Waals surface area contributed by atoms with Crippen molar-refractivity contribution in [1.29, 1.82) is 0 Å². The van der Waals surface area contributed by atoms with Crippen molar-refractivity contribution in [3.8, 4) is 10.6 Å². The van der Waals surface area contributed by atoms with E-state index in [0.29, 0.717) is 22.3 Å². The van der Waals surface area contributed by atoms with Crippen molar-refractivity contribution >= 4 is 49.4 Å². The molecule has 0 fully saturated rings. The highest BCUT2D eigenvalue weighted by molar-refractivity contribution is 7.94. The second kappa shape index (κ2) is 9.63. The molecular formula is C21H18N2O6S3. The summed E-state index contributed by atoms with van der Waals surface area (Å²) in [6.45, 7) is 2.14. The van der Waals surface area contributed by atoms with E-state index in [1.807, 2.05) is 12.1 Å². The smallest absolute Gasteiger partial charge is 0.282 e. The fourth-order valence-electron chi connectivity index (χ4n) is 3.22. The van der Waals surface area contributed by atoms with E-state index < -0.39 is 10.1 Å². The molecule has 166 valence electrons. The third-order valence-corrected chi connectivity index (χ3v) is 7.17. The molecule has 2 aromatic carbocycles. The Morgan fingerprint density at radius 2 is 1.97 bits per heavy atom. The molecular weight excluding hydrogens is 472 g/mol. The van der Waals surface area contributed by atoms with Crippen LogP contribution < -0.4 is 5.36 Å². The maximum Gasteiger partial charge on any atom is 0.296 e. The van der Waals surface area contributed by atoms with Gasteiger partial charge in [-0.25, -0.2) is 15.2 Å². The fraction of sp³-hybridized carbons (Fsp3) is 0.143. The third kappa shape index (κ3) is 5.15. The summed E-state index contributed by atoms with van der Waals surface area (Å²) < 4.78 is 38.6. The predicted octanol–water partition coefficient (Wildman–Crippen LogP) is 5.26. The number of aromatic nitrogens is 1. The van der Waals surface area contributed by atoms with Crippen molar-refractivity contribution in [2.75, 3.05) is 0 Å². The minimum atomic E-state index is -4.51. The normalized spacial score (nSPS) is 12.7. The molecule has 2 aliphatic rings. The van der Waals surface area contributed by atoms with E-state index in [2.05, 4.69) is 39.5 Å². The first-order valence-electron chi connectivity index (χ1n) is 9.52. The van der Waals surface area contributed by atoms with Crippen LogP contribution in [0.3, 0.4) is 0 Å². The minimum absolute atomic E-state index is 0.0151. The highest BCUT2D eigenvalue weighted by atomic mass is 32.2. The van der Waals surface area contributed by atoms with Crippen molar-refractivity contribution in [3.05, 3.63) is 65.5 Å². The average molecular weight is 491 g/mol. The summed E-state index contributed by atoms with van der Waals surface area (Å²) in [6.07, 6.45) is 2.07. The van der Waals surface area contributed by atoms with E-state index in [1.54, 1.807) is 17.4 Å². The summed E-state index contributed by atoms with van der Waals surface area (Å²) in [6, 6.07) is 15.6. The van der Waals surface area contributed by atoms with Crippen LogP contribution in [0.4, 0.5) is 5.69 Å². The van der Waals surface area contributed by atoms with E-state index in [0.717, 1.165) is 33.6 Å². The van der Waals surface area contributed by atoms with Gasteiger partial charge in [0.05, 0.1) is 43.9 Å². The maximum atomic E-state index is 11.8. The minimum Gasteiger partial charge on any atom is -0.282 e. The standard InChI is InChI=1S/C21H18N2O6S3/c1-2-3-13-4-8-19-17(10-13)23-16-7-5-14(11-20(16)30-19)22-18-12-15(31-29-28-24)6-9-21(18)32(25,26)27/h4-12,24H,2-3H2,1H3,(H,25,26,27). The highest BCUT2D eigenvalue weighted by Crippen LogP contribution is 2.32. The van der Waals surface area contributed by atoms with Gasteiger partial charge < -0.3 is 0 Å². The molecule has 0 radical (unpaired) electrons. The van der Waals surface area contributed by atoms with Gasteiger partial charge in [0, 0.05) is 4.90 Å². The van der Waals surface area contributed by atoms with Crippen molar-refractivity contribution in [2.45, 2.75) is 29.6 Å². The number of aryl methyl sites for hydroxylation is 1. The zero-order valence-corrected chi connectivity index (χ0v) is 19.2. The molecule has 2 aromatic rings. The molecule has 0 spiro atoms. The molecule has 0 atom stereocenters. The topological polar surface area (TPSA) is 118 Å². The van der Waals surface area contributed by atoms with Crippen molar-refractivity contribution in [2.24, 2.45) is 4.99 Å². The van der Waals surface area contributed by atoms with E-state index in [4.69, 9.17) is 10.2 Å². The molecule has 2 N–H and O–H groups in total. The van der Waals surface area contributed by atoms with Gasteiger partial charge in [0.25, 0.3) is 10.1 Å². The van der Waals surface area contributed by atoms with Crippen LogP contribution in [0.1, 0.15) is 18.9 Å². The van der Waals surface area contributed by atoms with Crippen molar-refractivity contribution in [1.82, 2.24) is 4.98 Å². The molecule has 0 bridgehead atoms. The first-order valence-corrected chi connectivity index (χ1v) is 12.5. The molecule has 0 aromatic heterocycles. The largest absolute Gasteiger partial charge is 0.296 e. The molecule has 1 aliphatic heterocycles. The summed E-state index contributed by atoms with van der Waals surface area (Å²) in [5.41, 5.74) is 3.00. The Kier molecular flexibility index (Phi) is 6.86. The lowest BCUT2D eigenvalue weighted by Crippen LogP contribution is -2.04. The van der Waals surface area contributed by atoms with Crippen LogP contribution in [-0.4, -0.2) is 23.2 Å². The van der Waals surface area contributed by atoms with Gasteiger partial charge in [-0.15, -0.1) is 15.7 Å². The van der Waals surface area contributed by atoms with Gasteiger partial charge in [0.2, 0.25) is 0 Å².